The minimum atomic E-state index is -0.131. The van der Waals surface area contributed by atoms with E-state index >= 15 is 0 Å². The summed E-state index contributed by atoms with van der Waals surface area (Å²) in [7, 11) is 0. The van der Waals surface area contributed by atoms with Crippen LogP contribution in [0.1, 0.15) is 13.8 Å². The van der Waals surface area contributed by atoms with Gasteiger partial charge in [0.1, 0.15) is 11.3 Å². The highest BCUT2D eigenvalue weighted by atomic mass is 16.3. The molecule has 1 aromatic heterocycles. The second-order valence-corrected chi connectivity index (χ2v) is 5.54. The van der Waals surface area contributed by atoms with E-state index in [9.17, 15) is 4.79 Å². The average Bonchev–Trinajstić information content (AvgIpc) is 2.47. The van der Waals surface area contributed by atoms with Crippen LogP contribution >= 0.6 is 0 Å². The van der Waals surface area contributed by atoms with Crippen molar-refractivity contribution in [2.75, 3.05) is 11.1 Å². The molecule has 0 saturated carbocycles. The molecule has 4 nitrogen and oxygen atoms in total. The van der Waals surface area contributed by atoms with E-state index in [1.807, 2.05) is 24.3 Å². The average molecular weight is 294 g/mol. The van der Waals surface area contributed by atoms with Crippen LogP contribution in [0.25, 0.3) is 22.3 Å². The molecule has 3 N–H and O–H groups in total. The number of hydrogen-bond donors (Lipinski definition) is 2. The number of anilines is 2. The van der Waals surface area contributed by atoms with Gasteiger partial charge in [-0.3, -0.25) is 4.79 Å². The maximum atomic E-state index is 12.4. The Morgan fingerprint density at radius 3 is 2.64 bits per heavy atom. The maximum absolute atomic E-state index is 12.4. The van der Waals surface area contributed by atoms with Crippen molar-refractivity contribution in [3.63, 3.8) is 0 Å². The Bertz CT molecular complexity index is 882. The molecule has 4 heteroatoms. The monoisotopic (exact) mass is 294 g/mol. The summed E-state index contributed by atoms with van der Waals surface area (Å²) in [6, 6.07) is 14.8. The van der Waals surface area contributed by atoms with E-state index in [1.165, 1.54) is 6.07 Å². The van der Waals surface area contributed by atoms with Gasteiger partial charge >= 0.3 is 0 Å². The SMILES string of the molecule is CC(C)Nc1ccccc1-c1cc(=O)c2c(N)cccc2o1. The van der Waals surface area contributed by atoms with E-state index in [2.05, 4.69) is 19.2 Å². The first-order valence-electron chi connectivity index (χ1n) is 7.24. The molecule has 0 atom stereocenters. The van der Waals surface area contributed by atoms with E-state index in [-0.39, 0.29) is 11.5 Å². The first kappa shape index (κ1) is 14.2. The molecular formula is C18H18N2O2. The summed E-state index contributed by atoms with van der Waals surface area (Å²) in [6.45, 7) is 4.13. The van der Waals surface area contributed by atoms with Crippen LogP contribution in [0.15, 0.2) is 57.7 Å². The summed E-state index contributed by atoms with van der Waals surface area (Å²) in [5, 5.41) is 3.80. The van der Waals surface area contributed by atoms with Gasteiger partial charge in [-0.15, -0.1) is 0 Å². The summed E-state index contributed by atoms with van der Waals surface area (Å²) in [5.74, 6) is 0.534. The molecule has 0 saturated heterocycles. The van der Waals surface area contributed by atoms with Crippen molar-refractivity contribution in [2.24, 2.45) is 0 Å². The minimum Gasteiger partial charge on any atom is -0.456 e. The van der Waals surface area contributed by atoms with E-state index in [4.69, 9.17) is 10.2 Å². The fourth-order valence-corrected chi connectivity index (χ4v) is 2.50. The first-order valence-corrected chi connectivity index (χ1v) is 7.24. The molecule has 0 amide bonds. The van der Waals surface area contributed by atoms with E-state index in [0.29, 0.717) is 22.4 Å². The first-order chi connectivity index (χ1) is 10.6. The van der Waals surface area contributed by atoms with E-state index in [1.54, 1.807) is 18.2 Å². The zero-order valence-corrected chi connectivity index (χ0v) is 12.6. The standard InChI is InChI=1S/C18H18N2O2/c1-11(2)20-14-8-4-3-6-12(14)17-10-15(21)18-13(19)7-5-9-16(18)22-17/h3-11,20H,19H2,1-2H3. The molecule has 112 valence electrons. The van der Waals surface area contributed by atoms with Gasteiger partial charge in [-0.25, -0.2) is 0 Å². The number of para-hydroxylation sites is 1. The van der Waals surface area contributed by atoms with Gasteiger partial charge in [-0.2, -0.15) is 0 Å². The summed E-state index contributed by atoms with van der Waals surface area (Å²) in [5.41, 5.74) is 8.47. The fraction of sp³-hybridized carbons (Fsp3) is 0.167. The number of nitrogens with one attached hydrogen (secondary N) is 1. The van der Waals surface area contributed by atoms with Gasteiger partial charge in [-0.1, -0.05) is 18.2 Å². The van der Waals surface area contributed by atoms with Crippen molar-refractivity contribution in [1.82, 2.24) is 0 Å². The van der Waals surface area contributed by atoms with Crippen molar-refractivity contribution in [1.29, 1.82) is 0 Å². The number of hydrogen-bond acceptors (Lipinski definition) is 4. The van der Waals surface area contributed by atoms with Gasteiger partial charge in [-0.05, 0) is 38.1 Å². The molecule has 2 aromatic carbocycles. The Morgan fingerprint density at radius 2 is 1.86 bits per heavy atom. The molecule has 0 radical (unpaired) electrons. The highest BCUT2D eigenvalue weighted by molar-refractivity contribution is 5.90. The number of nitrogen functional groups attached to an aromatic ring is 1. The van der Waals surface area contributed by atoms with Gasteiger partial charge in [0.25, 0.3) is 0 Å². The molecule has 0 spiro atoms. The molecule has 3 aromatic rings. The van der Waals surface area contributed by atoms with Gasteiger partial charge < -0.3 is 15.5 Å². The Morgan fingerprint density at radius 1 is 1.09 bits per heavy atom. The molecule has 0 unspecified atom stereocenters. The molecule has 0 bridgehead atoms. The lowest BCUT2D eigenvalue weighted by molar-refractivity contribution is 0.619. The van der Waals surface area contributed by atoms with Crippen LogP contribution in [0, 0.1) is 0 Å². The van der Waals surface area contributed by atoms with Crippen LogP contribution < -0.4 is 16.5 Å². The summed E-state index contributed by atoms with van der Waals surface area (Å²) in [4.78, 5) is 12.4. The third-order valence-electron chi connectivity index (χ3n) is 3.42. The summed E-state index contributed by atoms with van der Waals surface area (Å²) in [6.07, 6.45) is 0. The number of rotatable bonds is 3. The van der Waals surface area contributed by atoms with Gasteiger partial charge in [0.2, 0.25) is 0 Å². The highest BCUT2D eigenvalue weighted by Gasteiger charge is 2.12. The molecule has 1 heterocycles. The van der Waals surface area contributed by atoms with Crippen molar-refractivity contribution in [3.8, 4) is 11.3 Å². The zero-order chi connectivity index (χ0) is 15.7. The molecular weight excluding hydrogens is 276 g/mol. The van der Waals surface area contributed by atoms with Crippen LogP contribution in [0.3, 0.4) is 0 Å². The second-order valence-electron chi connectivity index (χ2n) is 5.54. The predicted octanol–water partition coefficient (Wildman–Crippen LogP) is 3.86. The van der Waals surface area contributed by atoms with Gasteiger partial charge in [0, 0.05) is 29.0 Å². The topological polar surface area (TPSA) is 68.3 Å². The third-order valence-corrected chi connectivity index (χ3v) is 3.42. The van der Waals surface area contributed by atoms with Gasteiger partial charge in [0.05, 0.1) is 5.39 Å². The van der Waals surface area contributed by atoms with Crippen LogP contribution in [0.5, 0.6) is 0 Å². The van der Waals surface area contributed by atoms with Crippen LogP contribution in [-0.4, -0.2) is 6.04 Å². The van der Waals surface area contributed by atoms with Crippen LogP contribution in [-0.2, 0) is 0 Å². The molecule has 3 rings (SSSR count). The number of fused-ring (bicyclic) bond motifs is 1. The number of nitrogens with two attached hydrogens (primary N) is 1. The lowest BCUT2D eigenvalue weighted by Crippen LogP contribution is -2.11. The second kappa shape index (κ2) is 5.56. The van der Waals surface area contributed by atoms with E-state index < -0.39 is 0 Å². The van der Waals surface area contributed by atoms with Crippen molar-refractivity contribution in [3.05, 3.63) is 58.8 Å². The normalized spacial score (nSPS) is 11.0. The smallest absolute Gasteiger partial charge is 0.195 e. The van der Waals surface area contributed by atoms with Crippen molar-refractivity contribution >= 4 is 22.3 Å². The Labute approximate surface area is 128 Å². The van der Waals surface area contributed by atoms with Crippen molar-refractivity contribution < 1.29 is 4.42 Å². The predicted molar refractivity (Wildman–Crippen MR) is 91.1 cm³/mol. The highest BCUT2D eigenvalue weighted by Crippen LogP contribution is 2.30. The van der Waals surface area contributed by atoms with E-state index in [0.717, 1.165) is 11.3 Å². The van der Waals surface area contributed by atoms with Crippen LogP contribution in [0.2, 0.25) is 0 Å². The number of benzene rings is 2. The van der Waals surface area contributed by atoms with Gasteiger partial charge in [0.15, 0.2) is 5.43 Å². The Balaban J connectivity index is 2.22. The third kappa shape index (κ3) is 2.55. The summed E-state index contributed by atoms with van der Waals surface area (Å²) >= 11 is 0. The molecule has 0 fully saturated rings. The summed E-state index contributed by atoms with van der Waals surface area (Å²) < 4.78 is 5.91. The van der Waals surface area contributed by atoms with Crippen LogP contribution in [0.4, 0.5) is 11.4 Å². The molecule has 0 aliphatic heterocycles. The lowest BCUT2D eigenvalue weighted by atomic mass is 10.1. The largest absolute Gasteiger partial charge is 0.456 e. The van der Waals surface area contributed by atoms with Crippen molar-refractivity contribution in [2.45, 2.75) is 19.9 Å². The molecule has 22 heavy (non-hydrogen) atoms. The Hall–Kier alpha value is -2.75. The molecule has 0 aliphatic carbocycles. The minimum absolute atomic E-state index is 0.131. The fourth-order valence-electron chi connectivity index (χ4n) is 2.50. The Kier molecular flexibility index (Phi) is 3.59. The molecule has 0 aliphatic rings. The maximum Gasteiger partial charge on any atom is 0.195 e. The lowest BCUT2D eigenvalue weighted by Gasteiger charge is -2.14. The quantitative estimate of drug-likeness (QED) is 0.720. The zero-order valence-electron chi connectivity index (χ0n) is 12.6.